The lowest BCUT2D eigenvalue weighted by molar-refractivity contribution is -0.135. The Morgan fingerprint density at radius 2 is 2.11 bits per heavy atom. The average Bonchev–Trinajstić information content (AvgIpc) is 2.37. The fourth-order valence-electron chi connectivity index (χ4n) is 2.39. The molecular formula is C14H19F3N2. The molecule has 106 valence electrons. The van der Waals surface area contributed by atoms with E-state index < -0.39 is 12.6 Å². The van der Waals surface area contributed by atoms with Crippen molar-refractivity contribution in [1.82, 2.24) is 5.32 Å². The summed E-state index contributed by atoms with van der Waals surface area (Å²) < 4.78 is 36.0. The predicted molar refractivity (Wildman–Crippen MR) is 70.2 cm³/mol. The van der Waals surface area contributed by atoms with E-state index in [2.05, 4.69) is 16.7 Å². The second kappa shape index (κ2) is 6.28. The quantitative estimate of drug-likeness (QED) is 0.802. The summed E-state index contributed by atoms with van der Waals surface area (Å²) in [5.74, 6) is 0. The normalized spacial score (nSPS) is 14.9. The van der Waals surface area contributed by atoms with E-state index in [0.717, 1.165) is 19.4 Å². The van der Waals surface area contributed by atoms with Crippen LogP contribution in [0.1, 0.15) is 30.4 Å². The van der Waals surface area contributed by atoms with E-state index in [4.69, 9.17) is 0 Å². The molecule has 5 heteroatoms. The van der Waals surface area contributed by atoms with E-state index in [0.29, 0.717) is 13.1 Å². The van der Waals surface area contributed by atoms with E-state index >= 15 is 0 Å². The van der Waals surface area contributed by atoms with Crippen molar-refractivity contribution < 1.29 is 13.2 Å². The van der Waals surface area contributed by atoms with Crippen LogP contribution in [0.15, 0.2) is 18.2 Å². The molecule has 2 rings (SSSR count). The van der Waals surface area contributed by atoms with Gasteiger partial charge < -0.3 is 10.6 Å². The van der Waals surface area contributed by atoms with Crippen molar-refractivity contribution in [3.8, 4) is 0 Å². The zero-order valence-electron chi connectivity index (χ0n) is 10.8. The largest absolute Gasteiger partial charge is 0.389 e. The van der Waals surface area contributed by atoms with E-state index in [1.807, 2.05) is 12.1 Å². The van der Waals surface area contributed by atoms with Gasteiger partial charge in [-0.25, -0.2) is 0 Å². The van der Waals surface area contributed by atoms with Gasteiger partial charge in [-0.3, -0.25) is 0 Å². The van der Waals surface area contributed by atoms with Crippen molar-refractivity contribution in [2.24, 2.45) is 0 Å². The first-order valence-corrected chi connectivity index (χ1v) is 6.68. The minimum Gasteiger partial charge on any atom is -0.385 e. The lowest BCUT2D eigenvalue weighted by Crippen LogP contribution is -2.20. The topological polar surface area (TPSA) is 24.1 Å². The molecule has 0 saturated carbocycles. The number of hydrogen-bond acceptors (Lipinski definition) is 2. The third-order valence-electron chi connectivity index (χ3n) is 3.32. The van der Waals surface area contributed by atoms with Crippen molar-refractivity contribution in [3.63, 3.8) is 0 Å². The predicted octanol–water partition coefficient (Wildman–Crippen LogP) is 3.48. The Morgan fingerprint density at radius 3 is 2.89 bits per heavy atom. The van der Waals surface area contributed by atoms with Crippen LogP contribution >= 0.6 is 0 Å². The fourth-order valence-corrected chi connectivity index (χ4v) is 2.39. The molecule has 1 aliphatic heterocycles. The Hall–Kier alpha value is -1.23. The van der Waals surface area contributed by atoms with E-state index in [1.165, 1.54) is 16.8 Å². The zero-order valence-corrected chi connectivity index (χ0v) is 10.8. The Morgan fingerprint density at radius 1 is 1.26 bits per heavy atom. The summed E-state index contributed by atoms with van der Waals surface area (Å²) in [7, 11) is 0. The third kappa shape index (κ3) is 4.42. The lowest BCUT2D eigenvalue weighted by Gasteiger charge is -2.21. The summed E-state index contributed by atoms with van der Waals surface area (Å²) >= 11 is 0. The molecule has 19 heavy (non-hydrogen) atoms. The van der Waals surface area contributed by atoms with Gasteiger partial charge in [0.25, 0.3) is 0 Å². The number of fused-ring (bicyclic) bond motifs is 1. The maximum atomic E-state index is 12.0. The van der Waals surface area contributed by atoms with Gasteiger partial charge in [0.05, 0.1) is 0 Å². The second-order valence-electron chi connectivity index (χ2n) is 4.87. The van der Waals surface area contributed by atoms with Gasteiger partial charge >= 0.3 is 6.18 Å². The Bertz CT molecular complexity index is 416. The van der Waals surface area contributed by atoms with Gasteiger partial charge in [-0.1, -0.05) is 12.1 Å². The number of alkyl halides is 3. The average molecular weight is 272 g/mol. The van der Waals surface area contributed by atoms with Crippen LogP contribution in [-0.2, 0) is 13.0 Å². The van der Waals surface area contributed by atoms with Crippen molar-refractivity contribution in [2.45, 2.75) is 38.4 Å². The van der Waals surface area contributed by atoms with Crippen molar-refractivity contribution >= 4 is 5.69 Å². The first-order chi connectivity index (χ1) is 9.06. The molecule has 2 N–H and O–H groups in total. The molecule has 2 nitrogen and oxygen atoms in total. The van der Waals surface area contributed by atoms with Crippen molar-refractivity contribution in [1.29, 1.82) is 0 Å². The molecule has 0 atom stereocenters. The zero-order chi connectivity index (χ0) is 13.7. The van der Waals surface area contributed by atoms with E-state index in [9.17, 15) is 13.2 Å². The first-order valence-electron chi connectivity index (χ1n) is 6.68. The Balaban J connectivity index is 1.80. The molecule has 1 aromatic carbocycles. The van der Waals surface area contributed by atoms with Gasteiger partial charge in [-0.15, -0.1) is 0 Å². The van der Waals surface area contributed by atoms with Crippen LogP contribution in [0.2, 0.25) is 0 Å². The fraction of sp³-hybridized carbons (Fsp3) is 0.571. The first kappa shape index (κ1) is 14.2. The van der Waals surface area contributed by atoms with Gasteiger partial charge in [0.2, 0.25) is 0 Å². The Labute approximate surface area is 111 Å². The molecular weight excluding hydrogens is 253 g/mol. The minimum absolute atomic E-state index is 0.136. The van der Waals surface area contributed by atoms with Gasteiger partial charge in [-0.05, 0) is 43.0 Å². The highest BCUT2D eigenvalue weighted by Gasteiger charge is 2.25. The molecule has 1 aromatic rings. The molecule has 0 radical (unpaired) electrons. The third-order valence-corrected chi connectivity index (χ3v) is 3.32. The summed E-state index contributed by atoms with van der Waals surface area (Å²) in [5, 5.41) is 6.44. The molecule has 0 spiro atoms. The summed E-state index contributed by atoms with van der Waals surface area (Å²) in [5.41, 5.74) is 3.66. The van der Waals surface area contributed by atoms with Crippen LogP contribution in [0.4, 0.5) is 18.9 Å². The van der Waals surface area contributed by atoms with Crippen LogP contribution in [0.25, 0.3) is 0 Å². The summed E-state index contributed by atoms with van der Waals surface area (Å²) in [6.45, 7) is 2.04. The summed E-state index contributed by atoms with van der Waals surface area (Å²) in [6.07, 6.45) is -2.47. The molecule has 0 unspecified atom stereocenters. The minimum atomic E-state index is -4.04. The van der Waals surface area contributed by atoms with Gasteiger partial charge in [0.1, 0.15) is 0 Å². The van der Waals surface area contributed by atoms with Crippen molar-refractivity contribution in [2.75, 3.05) is 18.4 Å². The van der Waals surface area contributed by atoms with E-state index in [1.54, 1.807) is 0 Å². The number of halogens is 3. The number of hydrogen-bond donors (Lipinski definition) is 2. The summed E-state index contributed by atoms with van der Waals surface area (Å²) in [6, 6.07) is 6.09. The maximum absolute atomic E-state index is 12.0. The molecule has 1 heterocycles. The highest BCUT2D eigenvalue weighted by atomic mass is 19.4. The smallest absolute Gasteiger partial charge is 0.385 e. The Kier molecular flexibility index (Phi) is 4.69. The van der Waals surface area contributed by atoms with Crippen LogP contribution in [0, 0.1) is 0 Å². The van der Waals surface area contributed by atoms with Gasteiger partial charge in [-0.2, -0.15) is 13.2 Å². The van der Waals surface area contributed by atoms with Crippen LogP contribution in [0.5, 0.6) is 0 Å². The lowest BCUT2D eigenvalue weighted by atomic mass is 9.97. The molecule has 0 aromatic heterocycles. The molecule has 1 aliphatic rings. The van der Waals surface area contributed by atoms with Gasteiger partial charge in [0.15, 0.2) is 0 Å². The maximum Gasteiger partial charge on any atom is 0.389 e. The number of benzene rings is 1. The summed E-state index contributed by atoms with van der Waals surface area (Å²) in [4.78, 5) is 0. The van der Waals surface area contributed by atoms with Crippen LogP contribution in [0.3, 0.4) is 0 Å². The van der Waals surface area contributed by atoms with Crippen LogP contribution in [-0.4, -0.2) is 19.3 Å². The molecule has 0 aliphatic carbocycles. The van der Waals surface area contributed by atoms with Gasteiger partial charge in [0, 0.05) is 25.2 Å². The number of rotatable bonds is 5. The SMILES string of the molecule is FC(F)(F)CCCNCc1cccc2c1CCCN2. The molecule has 0 fully saturated rings. The standard InChI is InChI=1S/C14H19F3N2/c15-14(16,17)7-3-8-18-10-11-4-1-6-13-12(11)5-2-9-19-13/h1,4,6,18-19H,2-3,5,7-10H2. The van der Waals surface area contributed by atoms with Crippen LogP contribution < -0.4 is 10.6 Å². The highest BCUT2D eigenvalue weighted by Crippen LogP contribution is 2.25. The molecule has 0 bridgehead atoms. The monoisotopic (exact) mass is 272 g/mol. The highest BCUT2D eigenvalue weighted by molar-refractivity contribution is 5.56. The molecule has 0 saturated heterocycles. The van der Waals surface area contributed by atoms with E-state index in [-0.39, 0.29) is 6.42 Å². The molecule has 0 amide bonds. The van der Waals surface area contributed by atoms with Crippen molar-refractivity contribution in [3.05, 3.63) is 29.3 Å². The second-order valence-corrected chi connectivity index (χ2v) is 4.87. The number of anilines is 1. The number of nitrogens with one attached hydrogen (secondary N) is 2.